The molecule has 2 N–H and O–H groups in total. The lowest BCUT2D eigenvalue weighted by molar-refractivity contribution is -0.125. The van der Waals surface area contributed by atoms with Gasteiger partial charge in [-0.3, -0.25) is 9.69 Å². The highest BCUT2D eigenvalue weighted by Crippen LogP contribution is 2.24. The lowest BCUT2D eigenvalue weighted by Gasteiger charge is -2.23. The fourth-order valence-electron chi connectivity index (χ4n) is 4.14. The van der Waals surface area contributed by atoms with Gasteiger partial charge in [-0.2, -0.15) is 0 Å². The Morgan fingerprint density at radius 1 is 1.00 bits per heavy atom. The second-order valence-electron chi connectivity index (χ2n) is 8.07. The zero-order chi connectivity index (χ0) is 22.3. The first kappa shape index (κ1) is 22.3. The summed E-state index contributed by atoms with van der Waals surface area (Å²) in [6.07, 6.45) is 0.764. The molecule has 0 radical (unpaired) electrons. The highest BCUT2D eigenvalue weighted by atomic mass is 35.5. The molecule has 4 rings (SSSR count). The molecule has 3 aromatic rings. The number of amides is 1. The van der Waals surface area contributed by atoms with E-state index < -0.39 is 0 Å². The van der Waals surface area contributed by atoms with Crippen molar-refractivity contribution in [2.75, 3.05) is 13.6 Å². The van der Waals surface area contributed by atoms with Gasteiger partial charge in [0.15, 0.2) is 0 Å². The minimum atomic E-state index is -0.163. The maximum Gasteiger partial charge on any atom is 0.237 e. The zero-order valence-corrected chi connectivity index (χ0v) is 18.9. The molecule has 0 aliphatic carbocycles. The molecule has 166 valence electrons. The van der Waals surface area contributed by atoms with E-state index in [0.29, 0.717) is 18.1 Å². The largest absolute Gasteiger partial charge is 0.457 e. The number of hydrogen-bond donors (Lipinski definition) is 2. The van der Waals surface area contributed by atoms with Gasteiger partial charge in [-0.15, -0.1) is 0 Å². The molecule has 1 aliphatic rings. The summed E-state index contributed by atoms with van der Waals surface area (Å²) in [6, 6.07) is 25.7. The number of carbonyl (C=O) groups excluding carboxylic acids is 1. The second kappa shape index (κ2) is 10.6. The highest BCUT2D eigenvalue weighted by molar-refractivity contribution is 6.30. The molecule has 3 aromatic carbocycles. The average molecular weight is 450 g/mol. The number of ether oxygens (including phenoxy) is 1. The van der Waals surface area contributed by atoms with Gasteiger partial charge < -0.3 is 15.4 Å². The summed E-state index contributed by atoms with van der Waals surface area (Å²) in [6.45, 7) is 2.20. The molecular weight excluding hydrogens is 422 g/mol. The second-order valence-corrected chi connectivity index (χ2v) is 8.50. The summed E-state index contributed by atoms with van der Waals surface area (Å²) in [5.41, 5.74) is 2.25. The molecule has 1 amide bonds. The predicted octanol–water partition coefficient (Wildman–Crippen LogP) is 4.61. The third kappa shape index (κ3) is 5.88. The number of benzene rings is 3. The van der Waals surface area contributed by atoms with Crippen molar-refractivity contribution >= 4 is 17.5 Å². The summed E-state index contributed by atoms with van der Waals surface area (Å²) in [4.78, 5) is 14.7. The minimum Gasteiger partial charge on any atom is -0.457 e. The third-order valence-electron chi connectivity index (χ3n) is 5.70. The van der Waals surface area contributed by atoms with Gasteiger partial charge in [-0.1, -0.05) is 54.1 Å². The maximum atomic E-state index is 12.5. The van der Waals surface area contributed by atoms with Crippen LogP contribution in [0.15, 0.2) is 78.9 Å². The van der Waals surface area contributed by atoms with E-state index in [4.69, 9.17) is 16.3 Å². The van der Waals surface area contributed by atoms with Gasteiger partial charge >= 0.3 is 0 Å². The van der Waals surface area contributed by atoms with Crippen molar-refractivity contribution in [3.63, 3.8) is 0 Å². The van der Waals surface area contributed by atoms with Crippen LogP contribution in [-0.2, 0) is 17.9 Å². The van der Waals surface area contributed by atoms with Crippen molar-refractivity contribution in [3.05, 3.63) is 95.0 Å². The lowest BCUT2D eigenvalue weighted by Crippen LogP contribution is -2.41. The lowest BCUT2D eigenvalue weighted by atomic mass is 10.1. The Labute approximate surface area is 194 Å². The van der Waals surface area contributed by atoms with E-state index in [1.54, 1.807) is 7.05 Å². The van der Waals surface area contributed by atoms with Crippen LogP contribution in [0.2, 0.25) is 5.02 Å². The first-order valence-corrected chi connectivity index (χ1v) is 11.2. The van der Waals surface area contributed by atoms with Gasteiger partial charge in [0.1, 0.15) is 11.5 Å². The number of nitrogens with one attached hydrogen (secondary N) is 2. The molecule has 0 unspecified atom stereocenters. The third-order valence-corrected chi connectivity index (χ3v) is 5.93. The molecule has 0 spiro atoms. The Balaban J connectivity index is 1.38. The van der Waals surface area contributed by atoms with Crippen molar-refractivity contribution in [1.29, 1.82) is 0 Å². The van der Waals surface area contributed by atoms with Crippen LogP contribution in [-0.4, -0.2) is 36.5 Å². The topological polar surface area (TPSA) is 53.6 Å². The summed E-state index contributed by atoms with van der Waals surface area (Å²) in [7, 11) is 1.69. The number of carbonyl (C=O) groups is 1. The van der Waals surface area contributed by atoms with Crippen LogP contribution in [0, 0.1) is 0 Å². The van der Waals surface area contributed by atoms with Gasteiger partial charge in [0, 0.05) is 37.7 Å². The van der Waals surface area contributed by atoms with Crippen LogP contribution in [0.25, 0.3) is 0 Å². The average Bonchev–Trinajstić information content (AvgIpc) is 3.21. The normalized spacial score (nSPS) is 18.4. The van der Waals surface area contributed by atoms with Gasteiger partial charge in [0.05, 0.1) is 6.04 Å². The van der Waals surface area contributed by atoms with Crippen LogP contribution in [0.5, 0.6) is 11.5 Å². The molecular formula is C26H28ClN3O2. The van der Waals surface area contributed by atoms with Crippen molar-refractivity contribution < 1.29 is 9.53 Å². The Hall–Kier alpha value is -2.86. The van der Waals surface area contributed by atoms with E-state index in [1.165, 1.54) is 0 Å². The molecule has 32 heavy (non-hydrogen) atoms. The minimum absolute atomic E-state index is 0.0505. The molecule has 6 heteroatoms. The zero-order valence-electron chi connectivity index (χ0n) is 18.1. The van der Waals surface area contributed by atoms with E-state index in [1.807, 2.05) is 66.7 Å². The Bertz CT molecular complexity index is 1040. The SMILES string of the molecule is CNC(=O)[C@@H]1C[C@H](NCc2cccc(Oc3ccccc3)c2)CN1Cc1cccc(Cl)c1. The Morgan fingerprint density at radius 2 is 1.75 bits per heavy atom. The fourth-order valence-corrected chi connectivity index (χ4v) is 4.35. The van der Waals surface area contributed by atoms with E-state index in [9.17, 15) is 4.79 Å². The molecule has 0 bridgehead atoms. The molecule has 1 fully saturated rings. The number of para-hydroxylation sites is 1. The summed E-state index contributed by atoms with van der Waals surface area (Å²) in [5, 5.41) is 7.14. The Morgan fingerprint density at radius 3 is 2.53 bits per heavy atom. The summed E-state index contributed by atoms with van der Waals surface area (Å²) < 4.78 is 5.95. The number of hydrogen-bond acceptors (Lipinski definition) is 4. The van der Waals surface area contributed by atoms with Crippen molar-refractivity contribution in [2.24, 2.45) is 0 Å². The van der Waals surface area contributed by atoms with Gasteiger partial charge in [-0.25, -0.2) is 0 Å². The quantitative estimate of drug-likeness (QED) is 0.527. The predicted molar refractivity (Wildman–Crippen MR) is 128 cm³/mol. The van der Waals surface area contributed by atoms with Crippen LogP contribution in [0.4, 0.5) is 0 Å². The molecule has 5 nitrogen and oxygen atoms in total. The fraction of sp³-hybridized carbons (Fsp3) is 0.269. The summed E-state index contributed by atoms with van der Waals surface area (Å²) >= 11 is 6.15. The number of rotatable bonds is 8. The van der Waals surface area contributed by atoms with Crippen molar-refractivity contribution in [1.82, 2.24) is 15.5 Å². The number of halogens is 1. The maximum absolute atomic E-state index is 12.5. The molecule has 1 heterocycles. The first-order valence-electron chi connectivity index (χ1n) is 10.9. The highest BCUT2D eigenvalue weighted by Gasteiger charge is 2.36. The van der Waals surface area contributed by atoms with Gasteiger partial charge in [0.25, 0.3) is 0 Å². The van der Waals surface area contributed by atoms with Crippen LogP contribution >= 0.6 is 11.6 Å². The van der Waals surface area contributed by atoms with Gasteiger partial charge in [0.2, 0.25) is 5.91 Å². The van der Waals surface area contributed by atoms with Crippen LogP contribution in [0.3, 0.4) is 0 Å². The summed E-state index contributed by atoms with van der Waals surface area (Å²) in [5.74, 6) is 1.68. The van der Waals surface area contributed by atoms with Crippen LogP contribution < -0.4 is 15.4 Å². The van der Waals surface area contributed by atoms with Crippen molar-refractivity contribution in [2.45, 2.75) is 31.6 Å². The van der Waals surface area contributed by atoms with E-state index in [0.717, 1.165) is 35.6 Å². The smallest absolute Gasteiger partial charge is 0.237 e. The van der Waals surface area contributed by atoms with Crippen molar-refractivity contribution in [3.8, 4) is 11.5 Å². The molecule has 1 aliphatic heterocycles. The van der Waals surface area contributed by atoms with E-state index >= 15 is 0 Å². The molecule has 0 aromatic heterocycles. The van der Waals surface area contributed by atoms with E-state index in [-0.39, 0.29) is 18.0 Å². The molecule has 0 saturated carbocycles. The number of nitrogens with zero attached hydrogens (tertiary/aromatic N) is 1. The number of likely N-dealkylation sites (N-methyl/N-ethyl adjacent to an activating group) is 1. The Kier molecular flexibility index (Phi) is 7.43. The van der Waals surface area contributed by atoms with E-state index in [2.05, 4.69) is 27.7 Å². The standard InChI is InChI=1S/C26H28ClN3O2/c1-28-26(31)25-15-22(18-30(25)17-20-8-5-9-21(27)13-20)29-16-19-7-6-12-24(14-19)32-23-10-3-2-4-11-23/h2-14,22,25,29H,15-18H2,1H3,(H,28,31)/t22-,25-/m0/s1. The first-order chi connectivity index (χ1) is 15.6. The molecule has 2 atom stereocenters. The number of likely N-dealkylation sites (tertiary alicyclic amines) is 1. The monoisotopic (exact) mass is 449 g/mol. The van der Waals surface area contributed by atoms with Crippen LogP contribution in [0.1, 0.15) is 17.5 Å². The van der Waals surface area contributed by atoms with Gasteiger partial charge in [-0.05, 0) is 53.9 Å². The molecule has 1 saturated heterocycles.